The molecule has 1 fully saturated rings. The van der Waals surface area contributed by atoms with Crippen molar-refractivity contribution in [2.75, 3.05) is 18.6 Å². The minimum Gasteiger partial charge on any atom is -0.469 e. The van der Waals surface area contributed by atoms with Crippen molar-refractivity contribution in [1.29, 1.82) is 0 Å². The summed E-state index contributed by atoms with van der Waals surface area (Å²) < 4.78 is 4.55. The molecule has 0 bridgehead atoms. The molecule has 0 aliphatic carbocycles. The quantitative estimate of drug-likeness (QED) is 0.686. The van der Waals surface area contributed by atoms with Crippen LogP contribution in [0.2, 0.25) is 0 Å². The summed E-state index contributed by atoms with van der Waals surface area (Å²) in [5.41, 5.74) is -0.809. The highest BCUT2D eigenvalue weighted by molar-refractivity contribution is 7.99. The number of rotatable bonds is 2. The number of aliphatic hydroxyl groups is 1. The third-order valence-corrected chi connectivity index (χ3v) is 3.41. The molecule has 1 heterocycles. The second-order valence-corrected chi connectivity index (χ2v) is 4.67. The maximum absolute atomic E-state index is 11.0. The zero-order valence-electron chi connectivity index (χ0n) is 7.91. The van der Waals surface area contributed by atoms with Crippen LogP contribution in [0, 0.1) is 0 Å². The lowest BCUT2D eigenvalue weighted by Crippen LogP contribution is -2.32. The van der Waals surface area contributed by atoms with Gasteiger partial charge in [0.05, 0.1) is 19.1 Å². The van der Waals surface area contributed by atoms with Gasteiger partial charge in [0, 0.05) is 0 Å². The Morgan fingerprint density at radius 3 is 3.00 bits per heavy atom. The van der Waals surface area contributed by atoms with Gasteiger partial charge in [-0.1, -0.05) is 0 Å². The molecule has 1 atom stereocenters. The number of thioether (sulfide) groups is 1. The topological polar surface area (TPSA) is 46.5 Å². The molecule has 3 nitrogen and oxygen atoms in total. The van der Waals surface area contributed by atoms with Crippen molar-refractivity contribution in [3.05, 3.63) is 0 Å². The van der Waals surface area contributed by atoms with E-state index >= 15 is 0 Å². The Hall–Kier alpha value is -0.220. The first-order valence-electron chi connectivity index (χ1n) is 4.53. The van der Waals surface area contributed by atoms with Crippen molar-refractivity contribution >= 4 is 17.7 Å². The van der Waals surface area contributed by atoms with Crippen LogP contribution in [-0.4, -0.2) is 35.3 Å². The second-order valence-electron chi connectivity index (χ2n) is 3.44. The van der Waals surface area contributed by atoms with Gasteiger partial charge in [0.25, 0.3) is 0 Å². The standard InChI is InChI=1S/C9H16O3S/c1-12-8(10)7-9(11)3-2-5-13-6-4-9/h11H,2-7H2,1H3. The predicted octanol–water partition coefficient (Wildman–Crippen LogP) is 1.20. The molecule has 1 unspecified atom stereocenters. The summed E-state index contributed by atoms with van der Waals surface area (Å²) in [6.07, 6.45) is 2.55. The Balaban J connectivity index is 2.46. The first-order valence-corrected chi connectivity index (χ1v) is 5.69. The monoisotopic (exact) mass is 204 g/mol. The summed E-state index contributed by atoms with van der Waals surface area (Å²) in [6, 6.07) is 0. The predicted molar refractivity (Wildman–Crippen MR) is 52.8 cm³/mol. The van der Waals surface area contributed by atoms with E-state index in [-0.39, 0.29) is 12.4 Å². The van der Waals surface area contributed by atoms with E-state index in [1.807, 2.05) is 11.8 Å². The van der Waals surface area contributed by atoms with Gasteiger partial charge in [-0.25, -0.2) is 0 Å². The van der Waals surface area contributed by atoms with Crippen LogP contribution in [0.25, 0.3) is 0 Å². The van der Waals surface area contributed by atoms with Gasteiger partial charge in [-0.15, -0.1) is 0 Å². The highest BCUT2D eigenvalue weighted by Gasteiger charge is 2.31. The maximum atomic E-state index is 11.0. The zero-order valence-corrected chi connectivity index (χ0v) is 8.73. The number of carbonyl (C=O) groups is 1. The number of carbonyl (C=O) groups excluding carboxylic acids is 1. The molecule has 0 saturated carbocycles. The molecular formula is C9H16O3S. The van der Waals surface area contributed by atoms with Crippen LogP contribution < -0.4 is 0 Å². The van der Waals surface area contributed by atoms with E-state index in [1.54, 1.807) is 0 Å². The molecule has 0 aromatic rings. The van der Waals surface area contributed by atoms with Crippen LogP contribution in [0.3, 0.4) is 0 Å². The third-order valence-electron chi connectivity index (χ3n) is 2.34. The fourth-order valence-electron chi connectivity index (χ4n) is 1.51. The van der Waals surface area contributed by atoms with Gasteiger partial charge in [0.15, 0.2) is 0 Å². The number of esters is 1. The van der Waals surface area contributed by atoms with E-state index in [2.05, 4.69) is 4.74 Å². The van der Waals surface area contributed by atoms with Crippen LogP contribution in [0.5, 0.6) is 0 Å². The smallest absolute Gasteiger partial charge is 0.308 e. The number of hydrogen-bond donors (Lipinski definition) is 1. The van der Waals surface area contributed by atoms with Crippen LogP contribution >= 0.6 is 11.8 Å². The lowest BCUT2D eigenvalue weighted by molar-refractivity contribution is -0.146. The van der Waals surface area contributed by atoms with Gasteiger partial charge >= 0.3 is 5.97 Å². The molecule has 4 heteroatoms. The Kier molecular flexibility index (Phi) is 4.06. The molecule has 0 aromatic heterocycles. The lowest BCUT2D eigenvalue weighted by atomic mass is 9.91. The van der Waals surface area contributed by atoms with E-state index in [9.17, 15) is 9.90 Å². The third kappa shape index (κ3) is 3.56. The molecule has 1 rings (SSSR count). The Morgan fingerprint density at radius 2 is 2.31 bits per heavy atom. The molecule has 76 valence electrons. The number of ether oxygens (including phenoxy) is 1. The van der Waals surface area contributed by atoms with Gasteiger partial charge < -0.3 is 9.84 Å². The summed E-state index contributed by atoms with van der Waals surface area (Å²) in [5.74, 6) is 1.71. The van der Waals surface area contributed by atoms with E-state index < -0.39 is 5.60 Å². The van der Waals surface area contributed by atoms with Crippen LogP contribution in [0.1, 0.15) is 25.7 Å². The van der Waals surface area contributed by atoms with Crippen molar-refractivity contribution in [2.24, 2.45) is 0 Å². The molecule has 13 heavy (non-hydrogen) atoms. The molecule has 0 amide bonds. The minimum atomic E-state index is -0.809. The summed E-state index contributed by atoms with van der Waals surface area (Å²) in [7, 11) is 1.36. The summed E-state index contributed by atoms with van der Waals surface area (Å²) in [4.78, 5) is 11.0. The Labute approximate surface area is 82.8 Å². The van der Waals surface area contributed by atoms with Crippen LogP contribution in [0.15, 0.2) is 0 Å². The van der Waals surface area contributed by atoms with Gasteiger partial charge in [0.2, 0.25) is 0 Å². The zero-order chi connectivity index (χ0) is 9.73. The van der Waals surface area contributed by atoms with Crippen LogP contribution in [-0.2, 0) is 9.53 Å². The first-order chi connectivity index (χ1) is 6.16. The fraction of sp³-hybridized carbons (Fsp3) is 0.889. The minimum absolute atomic E-state index is 0.143. The Morgan fingerprint density at radius 1 is 1.54 bits per heavy atom. The number of hydrogen-bond acceptors (Lipinski definition) is 4. The first kappa shape index (κ1) is 10.9. The summed E-state index contributed by atoms with van der Waals surface area (Å²) in [6.45, 7) is 0. The average molecular weight is 204 g/mol. The molecule has 0 spiro atoms. The Bertz CT molecular complexity index is 174. The summed E-state index contributed by atoms with van der Waals surface area (Å²) in [5, 5.41) is 10.0. The van der Waals surface area contributed by atoms with Crippen molar-refractivity contribution in [3.8, 4) is 0 Å². The van der Waals surface area contributed by atoms with Gasteiger partial charge in [-0.05, 0) is 30.8 Å². The van der Waals surface area contributed by atoms with E-state index in [0.29, 0.717) is 6.42 Å². The normalized spacial score (nSPS) is 29.4. The average Bonchev–Trinajstić information content (AvgIpc) is 2.30. The fourth-order valence-corrected chi connectivity index (χ4v) is 2.59. The molecular weight excluding hydrogens is 188 g/mol. The van der Waals surface area contributed by atoms with E-state index in [4.69, 9.17) is 0 Å². The highest BCUT2D eigenvalue weighted by Crippen LogP contribution is 2.28. The van der Waals surface area contributed by atoms with E-state index in [0.717, 1.165) is 24.3 Å². The molecule has 1 N–H and O–H groups in total. The van der Waals surface area contributed by atoms with Crippen molar-refractivity contribution < 1.29 is 14.6 Å². The molecule has 0 radical (unpaired) electrons. The van der Waals surface area contributed by atoms with Gasteiger partial charge in [0.1, 0.15) is 0 Å². The van der Waals surface area contributed by atoms with Gasteiger partial charge in [-0.2, -0.15) is 11.8 Å². The van der Waals surface area contributed by atoms with Gasteiger partial charge in [-0.3, -0.25) is 4.79 Å². The SMILES string of the molecule is COC(=O)CC1(O)CCCSCC1. The van der Waals surface area contributed by atoms with Crippen molar-refractivity contribution in [1.82, 2.24) is 0 Å². The molecule has 1 saturated heterocycles. The maximum Gasteiger partial charge on any atom is 0.308 e. The van der Waals surface area contributed by atoms with Crippen molar-refractivity contribution in [2.45, 2.75) is 31.3 Å². The lowest BCUT2D eigenvalue weighted by Gasteiger charge is -2.24. The molecule has 1 aliphatic heterocycles. The van der Waals surface area contributed by atoms with E-state index in [1.165, 1.54) is 7.11 Å². The second kappa shape index (κ2) is 4.86. The molecule has 1 aliphatic rings. The largest absolute Gasteiger partial charge is 0.469 e. The molecule has 0 aromatic carbocycles. The number of methoxy groups -OCH3 is 1. The highest BCUT2D eigenvalue weighted by atomic mass is 32.2. The summed E-state index contributed by atoms with van der Waals surface area (Å²) >= 11 is 1.84. The van der Waals surface area contributed by atoms with Crippen molar-refractivity contribution in [3.63, 3.8) is 0 Å². The van der Waals surface area contributed by atoms with Crippen LogP contribution in [0.4, 0.5) is 0 Å².